The van der Waals surface area contributed by atoms with E-state index in [9.17, 15) is 19.5 Å². The van der Waals surface area contributed by atoms with E-state index in [1.807, 2.05) is 0 Å². The zero-order chi connectivity index (χ0) is 14.9. The second-order valence-corrected chi connectivity index (χ2v) is 4.48. The highest BCUT2D eigenvalue weighted by Gasteiger charge is 2.38. The van der Waals surface area contributed by atoms with Crippen molar-refractivity contribution in [3.8, 4) is 0 Å². The summed E-state index contributed by atoms with van der Waals surface area (Å²) in [5.74, 6) is -2.62. The maximum Gasteiger partial charge on any atom is 0.337 e. The molecule has 1 aromatic carbocycles. The van der Waals surface area contributed by atoms with Gasteiger partial charge in [0.2, 0.25) is 5.91 Å². The van der Waals surface area contributed by atoms with E-state index in [4.69, 9.17) is 5.73 Å². The van der Waals surface area contributed by atoms with Crippen LogP contribution in [0.2, 0.25) is 0 Å². The number of carboxylic acid groups (broad SMARTS) is 1. The Balaban J connectivity index is 2.40. The van der Waals surface area contributed by atoms with Crippen molar-refractivity contribution in [1.82, 2.24) is 0 Å². The fraction of sp³-hybridized carbons (Fsp3) is 0.308. The highest BCUT2D eigenvalue weighted by atomic mass is 16.5. The number of benzene rings is 1. The summed E-state index contributed by atoms with van der Waals surface area (Å²) >= 11 is 0. The highest BCUT2D eigenvalue weighted by molar-refractivity contribution is 6.07. The molecular weight excluding hydrogens is 264 g/mol. The fourth-order valence-electron chi connectivity index (χ4n) is 2.28. The lowest BCUT2D eigenvalue weighted by Crippen LogP contribution is -2.28. The SMILES string of the molecule is COC(=O)C1CC(=O)N(c2c(N)cccc2C(=O)O)C1. The van der Waals surface area contributed by atoms with Crippen LogP contribution in [0.1, 0.15) is 16.8 Å². The Hall–Kier alpha value is -2.57. The van der Waals surface area contributed by atoms with E-state index in [0.717, 1.165) is 0 Å². The average molecular weight is 278 g/mol. The van der Waals surface area contributed by atoms with Crippen molar-refractivity contribution in [2.75, 3.05) is 24.3 Å². The molecule has 1 aromatic rings. The molecule has 1 saturated heterocycles. The number of amides is 1. The standard InChI is InChI=1S/C13H14N2O5/c1-20-13(19)7-5-10(16)15(6-7)11-8(12(17)18)3-2-4-9(11)14/h2-4,7H,5-6,14H2,1H3,(H,17,18). The number of methoxy groups -OCH3 is 1. The molecule has 0 aromatic heterocycles. The van der Waals surface area contributed by atoms with Crippen LogP contribution < -0.4 is 10.6 Å². The number of aromatic carboxylic acids is 1. The van der Waals surface area contributed by atoms with Crippen molar-refractivity contribution in [3.05, 3.63) is 23.8 Å². The Morgan fingerprint density at radius 1 is 1.45 bits per heavy atom. The van der Waals surface area contributed by atoms with Gasteiger partial charge in [-0.05, 0) is 12.1 Å². The summed E-state index contributed by atoms with van der Waals surface area (Å²) in [5.41, 5.74) is 6.04. The third-order valence-corrected chi connectivity index (χ3v) is 3.23. The zero-order valence-electron chi connectivity index (χ0n) is 10.8. The first-order chi connectivity index (χ1) is 9.45. The minimum absolute atomic E-state index is 0.0138. The summed E-state index contributed by atoms with van der Waals surface area (Å²) in [7, 11) is 1.25. The Bertz CT molecular complexity index is 584. The van der Waals surface area contributed by atoms with Crippen molar-refractivity contribution in [2.24, 2.45) is 5.92 Å². The van der Waals surface area contributed by atoms with Crippen molar-refractivity contribution in [3.63, 3.8) is 0 Å². The van der Waals surface area contributed by atoms with Gasteiger partial charge in [0, 0.05) is 13.0 Å². The second kappa shape index (κ2) is 5.20. The largest absolute Gasteiger partial charge is 0.478 e. The molecule has 1 fully saturated rings. The van der Waals surface area contributed by atoms with Gasteiger partial charge in [-0.2, -0.15) is 0 Å². The molecule has 1 aliphatic rings. The van der Waals surface area contributed by atoms with Crippen LogP contribution in [-0.4, -0.2) is 36.6 Å². The number of nitrogen functional groups attached to an aromatic ring is 1. The third-order valence-electron chi connectivity index (χ3n) is 3.23. The summed E-state index contributed by atoms with van der Waals surface area (Å²) in [6, 6.07) is 4.38. The monoisotopic (exact) mass is 278 g/mol. The summed E-state index contributed by atoms with van der Waals surface area (Å²) in [4.78, 5) is 36.0. The number of ether oxygens (including phenoxy) is 1. The predicted molar refractivity (Wildman–Crippen MR) is 70.3 cm³/mol. The van der Waals surface area contributed by atoms with Gasteiger partial charge in [0.15, 0.2) is 0 Å². The minimum Gasteiger partial charge on any atom is -0.478 e. The number of nitrogens with zero attached hydrogens (tertiary/aromatic N) is 1. The topological polar surface area (TPSA) is 110 Å². The van der Waals surface area contributed by atoms with E-state index in [1.54, 1.807) is 0 Å². The molecular formula is C13H14N2O5. The van der Waals surface area contributed by atoms with Gasteiger partial charge in [-0.3, -0.25) is 9.59 Å². The van der Waals surface area contributed by atoms with Gasteiger partial charge in [-0.25, -0.2) is 4.79 Å². The van der Waals surface area contributed by atoms with Crippen molar-refractivity contribution < 1.29 is 24.2 Å². The first-order valence-electron chi connectivity index (χ1n) is 5.95. The van der Waals surface area contributed by atoms with E-state index in [0.29, 0.717) is 0 Å². The van der Waals surface area contributed by atoms with Gasteiger partial charge in [-0.1, -0.05) is 6.07 Å². The van der Waals surface area contributed by atoms with E-state index < -0.39 is 17.9 Å². The van der Waals surface area contributed by atoms with Crippen LogP contribution in [0.15, 0.2) is 18.2 Å². The number of nitrogens with two attached hydrogens (primary N) is 1. The van der Waals surface area contributed by atoms with Crippen molar-refractivity contribution >= 4 is 29.2 Å². The van der Waals surface area contributed by atoms with Gasteiger partial charge in [0.25, 0.3) is 0 Å². The number of para-hydroxylation sites is 1. The van der Waals surface area contributed by atoms with Crippen LogP contribution in [0.5, 0.6) is 0 Å². The lowest BCUT2D eigenvalue weighted by atomic mass is 10.1. The number of esters is 1. The zero-order valence-corrected chi connectivity index (χ0v) is 10.8. The maximum atomic E-state index is 12.0. The molecule has 3 N–H and O–H groups in total. The van der Waals surface area contributed by atoms with Crippen LogP contribution in [0.3, 0.4) is 0 Å². The molecule has 0 saturated carbocycles. The number of carbonyl (C=O) groups excluding carboxylic acids is 2. The number of hydrogen-bond donors (Lipinski definition) is 2. The molecule has 20 heavy (non-hydrogen) atoms. The van der Waals surface area contributed by atoms with E-state index in [-0.39, 0.29) is 35.8 Å². The van der Waals surface area contributed by atoms with Gasteiger partial charge in [0.05, 0.1) is 30.0 Å². The molecule has 0 radical (unpaired) electrons. The Kier molecular flexibility index (Phi) is 3.60. The summed E-state index contributed by atoms with van der Waals surface area (Å²) in [5, 5.41) is 9.17. The van der Waals surface area contributed by atoms with Gasteiger partial charge < -0.3 is 20.5 Å². The number of carbonyl (C=O) groups is 3. The van der Waals surface area contributed by atoms with Crippen molar-refractivity contribution in [1.29, 1.82) is 0 Å². The summed E-state index contributed by atoms with van der Waals surface area (Å²) in [6.07, 6.45) is -0.0138. The number of anilines is 2. The van der Waals surface area contributed by atoms with Gasteiger partial charge in [0.1, 0.15) is 0 Å². The molecule has 7 heteroatoms. The summed E-state index contributed by atoms with van der Waals surface area (Å²) in [6.45, 7) is 0.0694. The number of hydrogen-bond acceptors (Lipinski definition) is 5. The molecule has 1 atom stereocenters. The Morgan fingerprint density at radius 2 is 2.15 bits per heavy atom. The first kappa shape index (κ1) is 13.9. The van der Waals surface area contributed by atoms with Crippen LogP contribution in [-0.2, 0) is 14.3 Å². The first-order valence-corrected chi connectivity index (χ1v) is 5.95. The van der Waals surface area contributed by atoms with Gasteiger partial charge in [-0.15, -0.1) is 0 Å². The quantitative estimate of drug-likeness (QED) is 0.615. The second-order valence-electron chi connectivity index (χ2n) is 4.48. The van der Waals surface area contributed by atoms with E-state index in [2.05, 4.69) is 4.74 Å². The van der Waals surface area contributed by atoms with E-state index in [1.165, 1.54) is 30.2 Å². The van der Waals surface area contributed by atoms with Crippen LogP contribution >= 0.6 is 0 Å². The normalized spacial score (nSPS) is 18.1. The molecule has 7 nitrogen and oxygen atoms in total. The predicted octanol–water partition coefficient (Wildman–Crippen LogP) is 0.493. The Morgan fingerprint density at radius 3 is 2.75 bits per heavy atom. The van der Waals surface area contributed by atoms with Crippen LogP contribution in [0.4, 0.5) is 11.4 Å². The fourth-order valence-corrected chi connectivity index (χ4v) is 2.28. The Labute approximate surface area is 114 Å². The molecule has 1 amide bonds. The van der Waals surface area contributed by atoms with Crippen molar-refractivity contribution in [2.45, 2.75) is 6.42 Å². The molecule has 1 unspecified atom stereocenters. The molecule has 106 valence electrons. The number of carboxylic acids is 1. The molecule has 0 bridgehead atoms. The molecule has 1 heterocycles. The van der Waals surface area contributed by atoms with E-state index >= 15 is 0 Å². The van der Waals surface area contributed by atoms with Crippen LogP contribution in [0, 0.1) is 5.92 Å². The lowest BCUT2D eigenvalue weighted by Gasteiger charge is -2.20. The van der Waals surface area contributed by atoms with Gasteiger partial charge >= 0.3 is 11.9 Å². The highest BCUT2D eigenvalue weighted by Crippen LogP contribution is 2.33. The smallest absolute Gasteiger partial charge is 0.337 e. The summed E-state index contributed by atoms with van der Waals surface area (Å²) < 4.78 is 4.61. The lowest BCUT2D eigenvalue weighted by molar-refractivity contribution is -0.145. The molecule has 0 spiro atoms. The molecule has 0 aliphatic carbocycles. The average Bonchev–Trinajstić information content (AvgIpc) is 2.79. The van der Waals surface area contributed by atoms with Crippen LogP contribution in [0.25, 0.3) is 0 Å². The molecule has 2 rings (SSSR count). The molecule has 1 aliphatic heterocycles. The maximum absolute atomic E-state index is 12.0. The minimum atomic E-state index is -1.18. The number of rotatable bonds is 3. The third kappa shape index (κ3) is 2.29.